The number of para-hydroxylation sites is 1. The van der Waals surface area contributed by atoms with E-state index < -0.39 is 0 Å². The van der Waals surface area contributed by atoms with Crippen LogP contribution >= 0.6 is 11.6 Å². The lowest BCUT2D eigenvalue weighted by atomic mass is 9.89. The molecule has 0 amide bonds. The number of nitrogens with zero attached hydrogens (tertiary/aromatic N) is 3. The smallest absolute Gasteiger partial charge is 0.329 e. The van der Waals surface area contributed by atoms with Crippen molar-refractivity contribution in [3.8, 4) is 22.8 Å². The number of aromatic nitrogens is 2. The minimum atomic E-state index is -0.122. The topological polar surface area (TPSA) is 57.8 Å². The molecule has 0 spiro atoms. The van der Waals surface area contributed by atoms with Crippen LogP contribution in [0.1, 0.15) is 24.0 Å². The van der Waals surface area contributed by atoms with Crippen molar-refractivity contribution < 1.29 is 9.47 Å². The van der Waals surface area contributed by atoms with E-state index in [9.17, 15) is 4.79 Å². The molecule has 1 aliphatic rings. The van der Waals surface area contributed by atoms with E-state index in [2.05, 4.69) is 6.92 Å². The summed E-state index contributed by atoms with van der Waals surface area (Å²) in [6.45, 7) is 4.63. The standard InChI is InChI=1S/C23H24ClN3O3/c1-13-7-6-8-17(24)22(13)25-21-11-18-16-10-20(30-5)19(29-4)9-15(16)14(2)12-27(18)23(28)26(21)3/h6-11,14H,12H2,1-5H3. The summed E-state index contributed by atoms with van der Waals surface area (Å²) in [5.41, 5.74) is 4.88. The van der Waals surface area contributed by atoms with Crippen LogP contribution in [-0.2, 0) is 13.6 Å². The largest absolute Gasteiger partial charge is 0.493 e. The van der Waals surface area contributed by atoms with Crippen LogP contribution in [-0.4, -0.2) is 23.4 Å². The highest BCUT2D eigenvalue weighted by Crippen LogP contribution is 2.41. The predicted molar refractivity (Wildman–Crippen MR) is 118 cm³/mol. The third-order valence-corrected chi connectivity index (χ3v) is 5.96. The van der Waals surface area contributed by atoms with Crippen LogP contribution in [0.2, 0.25) is 5.02 Å². The monoisotopic (exact) mass is 425 g/mol. The van der Waals surface area contributed by atoms with Crippen LogP contribution in [0.25, 0.3) is 11.3 Å². The van der Waals surface area contributed by atoms with E-state index in [1.54, 1.807) is 36.5 Å². The Balaban J connectivity index is 2.03. The average molecular weight is 426 g/mol. The molecule has 7 heteroatoms. The minimum absolute atomic E-state index is 0.122. The number of ether oxygens (including phenoxy) is 2. The molecule has 2 aromatic carbocycles. The second kappa shape index (κ2) is 7.69. The molecule has 2 heterocycles. The van der Waals surface area contributed by atoms with Gasteiger partial charge in [-0.1, -0.05) is 30.7 Å². The van der Waals surface area contributed by atoms with Crippen LogP contribution in [0.5, 0.6) is 11.5 Å². The Morgan fingerprint density at radius 2 is 1.83 bits per heavy atom. The molecule has 0 saturated heterocycles. The maximum atomic E-state index is 13.2. The van der Waals surface area contributed by atoms with Gasteiger partial charge < -0.3 is 9.47 Å². The van der Waals surface area contributed by atoms with Gasteiger partial charge >= 0.3 is 5.69 Å². The molecule has 30 heavy (non-hydrogen) atoms. The highest BCUT2D eigenvalue weighted by molar-refractivity contribution is 6.33. The van der Waals surface area contributed by atoms with Gasteiger partial charge in [0.1, 0.15) is 5.49 Å². The molecule has 4 rings (SSSR count). The first-order valence-electron chi connectivity index (χ1n) is 9.72. The van der Waals surface area contributed by atoms with E-state index >= 15 is 0 Å². The Morgan fingerprint density at radius 1 is 1.13 bits per heavy atom. The van der Waals surface area contributed by atoms with E-state index in [0.717, 1.165) is 22.4 Å². The Labute approximate surface area is 180 Å². The van der Waals surface area contributed by atoms with Gasteiger partial charge in [0, 0.05) is 31.1 Å². The summed E-state index contributed by atoms with van der Waals surface area (Å²) in [6, 6.07) is 11.5. The molecule has 0 bridgehead atoms. The Kier molecular flexibility index (Phi) is 5.20. The van der Waals surface area contributed by atoms with E-state index in [1.165, 1.54) is 0 Å². The van der Waals surface area contributed by atoms with E-state index in [1.807, 2.05) is 37.3 Å². The molecule has 0 N–H and O–H groups in total. The van der Waals surface area contributed by atoms with Gasteiger partial charge in [0.2, 0.25) is 0 Å². The van der Waals surface area contributed by atoms with Gasteiger partial charge in [-0.25, -0.2) is 9.79 Å². The first-order valence-corrected chi connectivity index (χ1v) is 10.1. The maximum Gasteiger partial charge on any atom is 0.329 e. The number of hydrogen-bond donors (Lipinski definition) is 0. The van der Waals surface area contributed by atoms with Crippen LogP contribution in [0.15, 0.2) is 46.2 Å². The fourth-order valence-electron chi connectivity index (χ4n) is 3.96. The molecule has 0 aliphatic carbocycles. The number of fused-ring (bicyclic) bond motifs is 3. The molecule has 0 saturated carbocycles. The molecule has 6 nitrogen and oxygen atoms in total. The number of hydrogen-bond acceptors (Lipinski definition) is 4. The normalized spacial score (nSPS) is 15.5. The molecular formula is C23H24ClN3O3. The van der Waals surface area contributed by atoms with Crippen molar-refractivity contribution in [1.29, 1.82) is 0 Å². The zero-order valence-electron chi connectivity index (χ0n) is 17.7. The average Bonchev–Trinajstić information content (AvgIpc) is 2.74. The molecule has 3 aromatic rings. The summed E-state index contributed by atoms with van der Waals surface area (Å²) in [4.78, 5) is 17.9. The number of methoxy groups -OCH3 is 2. The highest BCUT2D eigenvalue weighted by atomic mass is 35.5. The zero-order chi connectivity index (χ0) is 21.6. The summed E-state index contributed by atoms with van der Waals surface area (Å²) >= 11 is 6.37. The summed E-state index contributed by atoms with van der Waals surface area (Å²) in [5, 5.41) is 0.549. The second-order valence-corrected chi connectivity index (χ2v) is 7.96. The molecule has 1 atom stereocenters. The highest BCUT2D eigenvalue weighted by Gasteiger charge is 2.26. The molecule has 0 radical (unpaired) electrons. The van der Waals surface area contributed by atoms with Crippen molar-refractivity contribution in [3.05, 3.63) is 68.5 Å². The Hall–Kier alpha value is -2.99. The van der Waals surface area contributed by atoms with Gasteiger partial charge in [0.05, 0.1) is 30.6 Å². The fraction of sp³-hybridized carbons (Fsp3) is 0.304. The van der Waals surface area contributed by atoms with E-state index in [4.69, 9.17) is 26.1 Å². The van der Waals surface area contributed by atoms with E-state index in [-0.39, 0.29) is 11.6 Å². The quantitative estimate of drug-likeness (QED) is 0.632. The van der Waals surface area contributed by atoms with Crippen LogP contribution in [0.3, 0.4) is 0 Å². The van der Waals surface area contributed by atoms with Crippen molar-refractivity contribution in [2.24, 2.45) is 12.0 Å². The van der Waals surface area contributed by atoms with Gasteiger partial charge in [-0.05, 0) is 36.2 Å². The summed E-state index contributed by atoms with van der Waals surface area (Å²) < 4.78 is 14.3. The lowest BCUT2D eigenvalue weighted by Gasteiger charge is -2.28. The SMILES string of the molecule is COc1cc2c(cc1OC)C(C)Cn1c-2cc(=Nc2c(C)cccc2Cl)n(C)c1=O. The van der Waals surface area contributed by atoms with Crippen LogP contribution in [0.4, 0.5) is 5.69 Å². The number of halogens is 1. The van der Waals surface area contributed by atoms with Crippen molar-refractivity contribution >= 4 is 17.3 Å². The Bertz CT molecular complexity index is 1250. The third-order valence-electron chi connectivity index (χ3n) is 5.65. The first kappa shape index (κ1) is 20.3. The lowest BCUT2D eigenvalue weighted by molar-refractivity contribution is 0.354. The number of benzene rings is 2. The summed E-state index contributed by atoms with van der Waals surface area (Å²) in [5.74, 6) is 1.45. The number of aryl methyl sites for hydroxylation is 1. The minimum Gasteiger partial charge on any atom is -0.493 e. The van der Waals surface area contributed by atoms with Gasteiger partial charge in [-0.15, -0.1) is 0 Å². The third kappa shape index (κ3) is 3.21. The van der Waals surface area contributed by atoms with Crippen molar-refractivity contribution in [3.63, 3.8) is 0 Å². The van der Waals surface area contributed by atoms with Gasteiger partial charge in [0.15, 0.2) is 11.5 Å². The Morgan fingerprint density at radius 3 is 2.50 bits per heavy atom. The van der Waals surface area contributed by atoms with Gasteiger partial charge in [-0.3, -0.25) is 9.13 Å². The second-order valence-electron chi connectivity index (χ2n) is 7.55. The maximum absolute atomic E-state index is 13.2. The van der Waals surface area contributed by atoms with Gasteiger partial charge in [-0.2, -0.15) is 0 Å². The lowest BCUT2D eigenvalue weighted by Crippen LogP contribution is -2.41. The molecule has 1 aromatic heterocycles. The van der Waals surface area contributed by atoms with Crippen molar-refractivity contribution in [2.45, 2.75) is 26.3 Å². The van der Waals surface area contributed by atoms with Crippen molar-refractivity contribution in [2.75, 3.05) is 14.2 Å². The first-order chi connectivity index (χ1) is 14.3. The summed E-state index contributed by atoms with van der Waals surface area (Å²) in [6.07, 6.45) is 0. The van der Waals surface area contributed by atoms with Crippen LogP contribution < -0.4 is 20.7 Å². The summed E-state index contributed by atoms with van der Waals surface area (Å²) in [7, 11) is 4.96. The fourth-order valence-corrected chi connectivity index (χ4v) is 4.23. The number of rotatable bonds is 3. The zero-order valence-corrected chi connectivity index (χ0v) is 18.4. The molecule has 156 valence electrons. The van der Waals surface area contributed by atoms with Crippen molar-refractivity contribution in [1.82, 2.24) is 9.13 Å². The molecule has 1 unspecified atom stereocenters. The van der Waals surface area contributed by atoms with Crippen LogP contribution in [0, 0.1) is 6.92 Å². The molecule has 0 fully saturated rings. The predicted octanol–water partition coefficient (Wildman–Crippen LogP) is 4.18. The van der Waals surface area contributed by atoms with Gasteiger partial charge in [0.25, 0.3) is 0 Å². The molecular weight excluding hydrogens is 402 g/mol. The molecule has 1 aliphatic heterocycles. The van der Waals surface area contributed by atoms with E-state index in [0.29, 0.717) is 34.2 Å².